The number of benzene rings is 1. The lowest BCUT2D eigenvalue weighted by Crippen LogP contribution is -2.35. The van der Waals surface area contributed by atoms with Gasteiger partial charge in [0.1, 0.15) is 5.82 Å². The molecule has 26 heavy (non-hydrogen) atoms. The fraction of sp³-hybridized carbons (Fsp3) is 0.429. The molecule has 0 aliphatic carbocycles. The van der Waals surface area contributed by atoms with Crippen LogP contribution in [0.25, 0.3) is 11.0 Å². The van der Waals surface area contributed by atoms with Crippen LogP contribution in [0.3, 0.4) is 0 Å². The average Bonchev–Trinajstić information content (AvgIpc) is 3.09. The summed E-state index contributed by atoms with van der Waals surface area (Å²) < 4.78 is 0. The summed E-state index contributed by atoms with van der Waals surface area (Å²) in [6.45, 7) is 7.04. The van der Waals surface area contributed by atoms with Crippen LogP contribution >= 0.6 is 0 Å². The van der Waals surface area contributed by atoms with Gasteiger partial charge in [0.2, 0.25) is 0 Å². The predicted octanol–water partition coefficient (Wildman–Crippen LogP) is 3.52. The number of hydrogen-bond acceptors (Lipinski definition) is 4. The summed E-state index contributed by atoms with van der Waals surface area (Å²) in [5.74, 6) is 1.30. The second-order valence-electron chi connectivity index (χ2n) is 7.40. The third-order valence-electron chi connectivity index (χ3n) is 5.67. The number of likely N-dealkylation sites (tertiary alicyclic amines) is 1. The number of H-pyrrole nitrogens is 1. The number of aromatic amines is 1. The summed E-state index contributed by atoms with van der Waals surface area (Å²) in [6, 6.07) is 9.99. The number of pyridine rings is 1. The molecule has 5 heteroatoms. The van der Waals surface area contributed by atoms with Gasteiger partial charge in [-0.3, -0.25) is 9.88 Å². The van der Waals surface area contributed by atoms with Crippen molar-refractivity contribution in [2.45, 2.75) is 39.3 Å². The number of rotatable bonds is 4. The summed E-state index contributed by atoms with van der Waals surface area (Å²) in [5.41, 5.74) is 5.51. The van der Waals surface area contributed by atoms with Crippen molar-refractivity contribution in [3.05, 3.63) is 59.2 Å². The molecule has 4 rings (SSSR count). The van der Waals surface area contributed by atoms with E-state index in [1.165, 1.54) is 11.1 Å². The van der Waals surface area contributed by atoms with E-state index in [-0.39, 0.29) is 5.92 Å². The molecule has 136 valence electrons. The lowest BCUT2D eigenvalue weighted by atomic mass is 9.89. The molecule has 0 bridgehead atoms. The highest BCUT2D eigenvalue weighted by Gasteiger charge is 2.27. The van der Waals surface area contributed by atoms with Gasteiger partial charge in [0.25, 0.3) is 0 Å². The minimum atomic E-state index is -0.463. The highest BCUT2D eigenvalue weighted by Crippen LogP contribution is 2.30. The largest absolute Gasteiger partial charge is 0.387 e. The zero-order valence-electron chi connectivity index (χ0n) is 15.4. The molecule has 0 spiro atoms. The SMILES string of the molecule is Cc1ccc2[nH]c(CN3CCC([C@H](O)c4ccccn4)CC3)nc2c1C. The fourth-order valence-electron chi connectivity index (χ4n) is 3.87. The van der Waals surface area contributed by atoms with E-state index in [0.29, 0.717) is 0 Å². The number of imidazole rings is 1. The van der Waals surface area contributed by atoms with Crippen LogP contribution in [-0.4, -0.2) is 38.0 Å². The Balaban J connectivity index is 1.39. The van der Waals surface area contributed by atoms with Crippen molar-refractivity contribution < 1.29 is 5.11 Å². The number of hydrogen-bond donors (Lipinski definition) is 2. The van der Waals surface area contributed by atoms with Gasteiger partial charge in [-0.25, -0.2) is 4.98 Å². The number of nitrogens with one attached hydrogen (secondary N) is 1. The van der Waals surface area contributed by atoms with Crippen LogP contribution in [-0.2, 0) is 6.54 Å². The Labute approximate surface area is 154 Å². The molecule has 0 saturated carbocycles. The minimum Gasteiger partial charge on any atom is -0.387 e. The van der Waals surface area contributed by atoms with Gasteiger partial charge < -0.3 is 10.1 Å². The molecule has 1 fully saturated rings. The maximum Gasteiger partial charge on any atom is 0.121 e. The number of fused-ring (bicyclic) bond motifs is 1. The Morgan fingerprint density at radius 2 is 2.00 bits per heavy atom. The van der Waals surface area contributed by atoms with Crippen molar-refractivity contribution in [2.75, 3.05) is 13.1 Å². The van der Waals surface area contributed by atoms with Crippen LogP contribution in [0.1, 0.15) is 41.6 Å². The van der Waals surface area contributed by atoms with E-state index in [1.54, 1.807) is 6.20 Å². The van der Waals surface area contributed by atoms with Crippen molar-refractivity contribution in [2.24, 2.45) is 5.92 Å². The van der Waals surface area contributed by atoms with Crippen molar-refractivity contribution in [1.29, 1.82) is 0 Å². The summed E-state index contributed by atoms with van der Waals surface area (Å²) in [4.78, 5) is 15.0. The molecule has 1 aliphatic heterocycles. The van der Waals surface area contributed by atoms with Crippen molar-refractivity contribution in [3.8, 4) is 0 Å². The topological polar surface area (TPSA) is 65.0 Å². The summed E-state index contributed by atoms with van der Waals surface area (Å²) in [7, 11) is 0. The van der Waals surface area contributed by atoms with Gasteiger partial charge in [0.05, 0.1) is 29.4 Å². The van der Waals surface area contributed by atoms with Crippen molar-refractivity contribution in [1.82, 2.24) is 19.9 Å². The number of aliphatic hydroxyl groups excluding tert-OH is 1. The molecule has 1 saturated heterocycles. The average molecular weight is 350 g/mol. The Morgan fingerprint density at radius 3 is 2.73 bits per heavy atom. The van der Waals surface area contributed by atoms with Gasteiger partial charge in [-0.05, 0) is 75.0 Å². The molecule has 0 radical (unpaired) electrons. The van der Waals surface area contributed by atoms with Crippen LogP contribution in [0.2, 0.25) is 0 Å². The third kappa shape index (κ3) is 3.37. The van der Waals surface area contributed by atoms with Crippen LogP contribution in [0.4, 0.5) is 0 Å². The zero-order valence-corrected chi connectivity index (χ0v) is 15.4. The predicted molar refractivity (Wildman–Crippen MR) is 103 cm³/mol. The van der Waals surface area contributed by atoms with Crippen LogP contribution in [0, 0.1) is 19.8 Å². The van der Waals surface area contributed by atoms with Crippen LogP contribution < -0.4 is 0 Å². The monoisotopic (exact) mass is 350 g/mol. The van der Waals surface area contributed by atoms with E-state index in [0.717, 1.165) is 55.0 Å². The Kier molecular flexibility index (Phi) is 4.74. The van der Waals surface area contributed by atoms with Crippen LogP contribution in [0.15, 0.2) is 36.5 Å². The molecule has 0 amide bonds. The van der Waals surface area contributed by atoms with Gasteiger partial charge in [-0.1, -0.05) is 12.1 Å². The fourth-order valence-corrected chi connectivity index (χ4v) is 3.87. The zero-order chi connectivity index (χ0) is 18.1. The Morgan fingerprint density at radius 1 is 1.19 bits per heavy atom. The standard InChI is InChI=1S/C21H26N4O/c1-14-6-7-17-20(15(14)2)24-19(23-17)13-25-11-8-16(9-12-25)21(26)18-5-3-4-10-22-18/h3-7,10,16,21,26H,8-9,11-13H2,1-2H3,(H,23,24)/t21-/m0/s1. The molecule has 0 unspecified atom stereocenters. The highest BCUT2D eigenvalue weighted by molar-refractivity contribution is 5.79. The van der Waals surface area contributed by atoms with Crippen molar-refractivity contribution in [3.63, 3.8) is 0 Å². The molecule has 3 heterocycles. The lowest BCUT2D eigenvalue weighted by molar-refractivity contribution is 0.0534. The maximum absolute atomic E-state index is 10.6. The van der Waals surface area contributed by atoms with Gasteiger partial charge >= 0.3 is 0 Å². The molecule has 2 aromatic heterocycles. The van der Waals surface area contributed by atoms with E-state index in [9.17, 15) is 5.11 Å². The maximum atomic E-state index is 10.6. The normalized spacial score (nSPS) is 17.7. The molecular weight excluding hydrogens is 324 g/mol. The minimum absolute atomic E-state index is 0.279. The number of nitrogens with zero attached hydrogens (tertiary/aromatic N) is 3. The van der Waals surface area contributed by atoms with Gasteiger partial charge in [0.15, 0.2) is 0 Å². The van der Waals surface area contributed by atoms with Crippen molar-refractivity contribution >= 4 is 11.0 Å². The van der Waals surface area contributed by atoms with E-state index >= 15 is 0 Å². The first kappa shape index (κ1) is 17.2. The molecule has 5 nitrogen and oxygen atoms in total. The van der Waals surface area contributed by atoms with Gasteiger partial charge in [0, 0.05) is 6.20 Å². The Bertz CT molecular complexity index is 882. The first-order valence-electron chi connectivity index (χ1n) is 9.38. The van der Waals surface area contributed by atoms with E-state index in [1.807, 2.05) is 18.2 Å². The first-order chi connectivity index (χ1) is 12.6. The highest BCUT2D eigenvalue weighted by atomic mass is 16.3. The third-order valence-corrected chi connectivity index (χ3v) is 5.67. The lowest BCUT2D eigenvalue weighted by Gasteiger charge is -2.33. The molecule has 1 aliphatic rings. The number of aliphatic hydroxyl groups is 1. The molecule has 3 aromatic rings. The summed E-state index contributed by atoms with van der Waals surface area (Å²) >= 11 is 0. The first-order valence-corrected chi connectivity index (χ1v) is 9.38. The van der Waals surface area contributed by atoms with E-state index < -0.39 is 6.10 Å². The molecule has 1 atom stereocenters. The molecule has 1 aromatic carbocycles. The van der Waals surface area contributed by atoms with E-state index in [4.69, 9.17) is 4.98 Å². The number of piperidine rings is 1. The van der Waals surface area contributed by atoms with E-state index in [2.05, 4.69) is 40.8 Å². The molecular formula is C21H26N4O. The number of aryl methyl sites for hydroxylation is 2. The van der Waals surface area contributed by atoms with Gasteiger partial charge in [-0.2, -0.15) is 0 Å². The Hall–Kier alpha value is -2.24. The quantitative estimate of drug-likeness (QED) is 0.756. The summed E-state index contributed by atoms with van der Waals surface area (Å²) in [5, 5.41) is 10.6. The molecule has 2 N–H and O–H groups in total. The number of aromatic nitrogens is 3. The van der Waals surface area contributed by atoms with Gasteiger partial charge in [-0.15, -0.1) is 0 Å². The summed E-state index contributed by atoms with van der Waals surface area (Å²) in [6.07, 6.45) is 3.25. The second-order valence-corrected chi connectivity index (χ2v) is 7.40. The smallest absolute Gasteiger partial charge is 0.121 e. The second kappa shape index (κ2) is 7.17. The van der Waals surface area contributed by atoms with Crippen LogP contribution in [0.5, 0.6) is 0 Å².